The van der Waals surface area contributed by atoms with Crippen molar-refractivity contribution in [3.05, 3.63) is 64.2 Å². The number of rotatable bonds is 3. The summed E-state index contributed by atoms with van der Waals surface area (Å²) in [6, 6.07) is 11.8. The smallest absolute Gasteiger partial charge is 0.380 e. The van der Waals surface area contributed by atoms with Crippen LogP contribution in [-0.4, -0.2) is 0 Å². The average molecular weight is 311 g/mol. The monoisotopic (exact) mass is 310 g/mol. The van der Waals surface area contributed by atoms with Gasteiger partial charge in [0.2, 0.25) is 0 Å². The molecule has 0 radical (unpaired) electrons. The summed E-state index contributed by atoms with van der Waals surface area (Å²) in [5.74, 6) is 0. The predicted octanol–water partition coefficient (Wildman–Crippen LogP) is 4.84. The number of hydrogen-bond acceptors (Lipinski definition) is 2. The van der Waals surface area contributed by atoms with Crippen LogP contribution in [0.1, 0.15) is 16.7 Å². The lowest BCUT2D eigenvalue weighted by atomic mass is 10.1. The average Bonchev–Trinajstić information content (AvgIpc) is 2.45. The van der Waals surface area contributed by atoms with Gasteiger partial charge in [-0.05, 0) is 35.9 Å². The van der Waals surface area contributed by atoms with Gasteiger partial charge >= 0.3 is 6.18 Å². The van der Waals surface area contributed by atoms with Gasteiger partial charge in [0, 0.05) is 11.6 Å². The molecule has 0 atom stereocenters. The second kappa shape index (κ2) is 6.06. The van der Waals surface area contributed by atoms with Gasteiger partial charge in [-0.2, -0.15) is 18.4 Å². The van der Waals surface area contributed by atoms with Crippen LogP contribution < -0.4 is 5.32 Å². The molecule has 21 heavy (non-hydrogen) atoms. The number of halogens is 4. The molecule has 2 aromatic carbocycles. The Bertz CT molecular complexity index is 673. The fraction of sp³-hybridized carbons (Fsp3) is 0.133. The Balaban J connectivity index is 2.17. The second-order valence-electron chi connectivity index (χ2n) is 4.35. The Morgan fingerprint density at radius 2 is 1.76 bits per heavy atom. The van der Waals surface area contributed by atoms with Gasteiger partial charge in [0.25, 0.3) is 0 Å². The van der Waals surface area contributed by atoms with Crippen molar-refractivity contribution < 1.29 is 13.2 Å². The summed E-state index contributed by atoms with van der Waals surface area (Å²) in [5, 5.41) is 12.5. The summed E-state index contributed by atoms with van der Waals surface area (Å²) < 4.78 is 37.7. The summed E-state index contributed by atoms with van der Waals surface area (Å²) in [7, 11) is 0. The minimum absolute atomic E-state index is 0.0428. The van der Waals surface area contributed by atoms with Gasteiger partial charge < -0.3 is 5.32 Å². The normalized spacial score (nSPS) is 11.0. The highest BCUT2D eigenvalue weighted by atomic mass is 35.5. The number of hydrogen-bond donors (Lipinski definition) is 1. The highest BCUT2D eigenvalue weighted by Gasteiger charge is 2.31. The molecule has 0 unspecified atom stereocenters. The first kappa shape index (κ1) is 15.2. The van der Waals surface area contributed by atoms with Crippen LogP contribution in [-0.2, 0) is 12.7 Å². The lowest BCUT2D eigenvalue weighted by molar-refractivity contribution is -0.137. The van der Waals surface area contributed by atoms with Crippen molar-refractivity contribution in [2.75, 3.05) is 5.32 Å². The van der Waals surface area contributed by atoms with E-state index in [0.717, 1.165) is 17.7 Å². The number of nitrogens with one attached hydrogen (secondary N) is 1. The Kier molecular flexibility index (Phi) is 4.39. The van der Waals surface area contributed by atoms with Gasteiger partial charge in [0.05, 0.1) is 16.8 Å². The van der Waals surface area contributed by atoms with E-state index in [-0.39, 0.29) is 5.56 Å². The summed E-state index contributed by atoms with van der Waals surface area (Å²) in [6.07, 6.45) is -4.46. The molecule has 0 fully saturated rings. The molecule has 0 spiro atoms. The van der Waals surface area contributed by atoms with E-state index in [1.807, 2.05) is 0 Å². The highest BCUT2D eigenvalue weighted by molar-refractivity contribution is 6.30. The van der Waals surface area contributed by atoms with E-state index in [2.05, 4.69) is 5.32 Å². The van der Waals surface area contributed by atoms with Crippen LogP contribution in [0.4, 0.5) is 18.9 Å². The molecule has 0 aliphatic rings. The molecule has 0 amide bonds. The first-order chi connectivity index (χ1) is 9.90. The Hall–Kier alpha value is -2.19. The van der Waals surface area contributed by atoms with Crippen LogP contribution in [0.25, 0.3) is 0 Å². The van der Waals surface area contributed by atoms with Gasteiger partial charge in [0.1, 0.15) is 6.07 Å². The number of benzene rings is 2. The van der Waals surface area contributed by atoms with Crippen LogP contribution >= 0.6 is 11.6 Å². The van der Waals surface area contributed by atoms with Gasteiger partial charge in [-0.15, -0.1) is 0 Å². The van der Waals surface area contributed by atoms with Crippen LogP contribution in [0.15, 0.2) is 42.5 Å². The molecule has 0 aromatic heterocycles. The van der Waals surface area contributed by atoms with Crippen LogP contribution in [0.5, 0.6) is 0 Å². The third kappa shape index (κ3) is 3.89. The number of nitrogens with zero attached hydrogens (tertiary/aromatic N) is 1. The van der Waals surface area contributed by atoms with E-state index < -0.39 is 11.7 Å². The standard InChI is InChI=1S/C15H10ClF3N2/c16-13-4-1-10(2-5-13)9-21-14-6-3-12(15(17,18)19)7-11(14)8-20/h1-7,21H,9H2. The van der Waals surface area contributed by atoms with E-state index in [0.29, 0.717) is 17.3 Å². The Labute approximate surface area is 124 Å². The number of alkyl halides is 3. The summed E-state index contributed by atoms with van der Waals surface area (Å²) in [6.45, 7) is 0.386. The van der Waals surface area contributed by atoms with Gasteiger partial charge in [-0.1, -0.05) is 23.7 Å². The maximum atomic E-state index is 12.6. The molecule has 0 saturated carbocycles. The van der Waals surface area contributed by atoms with Crippen LogP contribution in [0, 0.1) is 11.3 Å². The summed E-state index contributed by atoms with van der Waals surface area (Å²) in [4.78, 5) is 0. The first-order valence-corrected chi connectivity index (χ1v) is 6.37. The van der Waals surface area contributed by atoms with Crippen LogP contribution in [0.2, 0.25) is 5.02 Å². The lowest BCUT2D eigenvalue weighted by Gasteiger charge is -2.11. The summed E-state index contributed by atoms with van der Waals surface area (Å²) in [5.41, 5.74) is 0.388. The molecule has 1 N–H and O–H groups in total. The number of nitriles is 1. The molecular weight excluding hydrogens is 301 g/mol. The lowest BCUT2D eigenvalue weighted by Crippen LogP contribution is -2.07. The van der Waals surface area contributed by atoms with Crippen molar-refractivity contribution in [2.45, 2.75) is 12.7 Å². The van der Waals surface area contributed by atoms with E-state index in [1.165, 1.54) is 6.07 Å². The zero-order valence-corrected chi connectivity index (χ0v) is 11.5. The molecular formula is C15H10ClF3N2. The first-order valence-electron chi connectivity index (χ1n) is 6.00. The van der Waals surface area contributed by atoms with Crippen molar-refractivity contribution in [1.82, 2.24) is 0 Å². The van der Waals surface area contributed by atoms with E-state index in [9.17, 15) is 13.2 Å². The minimum Gasteiger partial charge on any atom is -0.380 e. The predicted molar refractivity (Wildman–Crippen MR) is 74.9 cm³/mol. The maximum absolute atomic E-state index is 12.6. The summed E-state index contributed by atoms with van der Waals surface area (Å²) >= 11 is 5.77. The fourth-order valence-corrected chi connectivity index (χ4v) is 1.89. The quantitative estimate of drug-likeness (QED) is 0.880. The SMILES string of the molecule is N#Cc1cc(C(F)(F)F)ccc1NCc1ccc(Cl)cc1. The molecule has 2 aromatic rings. The van der Waals surface area contributed by atoms with Gasteiger partial charge in [-0.25, -0.2) is 0 Å². The van der Waals surface area contributed by atoms with Crippen molar-refractivity contribution in [1.29, 1.82) is 5.26 Å². The van der Waals surface area contributed by atoms with E-state index in [4.69, 9.17) is 16.9 Å². The second-order valence-corrected chi connectivity index (χ2v) is 4.79. The van der Waals surface area contributed by atoms with Crippen molar-refractivity contribution >= 4 is 17.3 Å². The molecule has 0 aliphatic carbocycles. The Morgan fingerprint density at radius 1 is 1.10 bits per heavy atom. The van der Waals surface area contributed by atoms with Gasteiger partial charge in [0.15, 0.2) is 0 Å². The largest absolute Gasteiger partial charge is 0.416 e. The van der Waals surface area contributed by atoms with E-state index in [1.54, 1.807) is 30.3 Å². The molecule has 0 heterocycles. The zero-order chi connectivity index (χ0) is 15.5. The molecule has 0 bridgehead atoms. The molecule has 2 rings (SSSR count). The zero-order valence-electron chi connectivity index (χ0n) is 10.7. The maximum Gasteiger partial charge on any atom is 0.416 e. The third-order valence-electron chi connectivity index (χ3n) is 2.86. The fourth-order valence-electron chi connectivity index (χ4n) is 1.77. The minimum atomic E-state index is -4.46. The van der Waals surface area contributed by atoms with E-state index >= 15 is 0 Å². The molecule has 108 valence electrons. The highest BCUT2D eigenvalue weighted by Crippen LogP contribution is 2.31. The third-order valence-corrected chi connectivity index (χ3v) is 3.12. The van der Waals surface area contributed by atoms with Crippen molar-refractivity contribution in [2.24, 2.45) is 0 Å². The van der Waals surface area contributed by atoms with Crippen molar-refractivity contribution in [3.63, 3.8) is 0 Å². The topological polar surface area (TPSA) is 35.8 Å². The number of anilines is 1. The van der Waals surface area contributed by atoms with Crippen molar-refractivity contribution in [3.8, 4) is 6.07 Å². The molecule has 0 saturated heterocycles. The van der Waals surface area contributed by atoms with Gasteiger partial charge in [-0.3, -0.25) is 0 Å². The Morgan fingerprint density at radius 3 is 2.33 bits per heavy atom. The molecule has 6 heteroatoms. The van der Waals surface area contributed by atoms with Crippen LogP contribution in [0.3, 0.4) is 0 Å². The molecule has 2 nitrogen and oxygen atoms in total. The molecule has 0 aliphatic heterocycles.